The lowest BCUT2D eigenvalue weighted by atomic mass is 10.2. The first kappa shape index (κ1) is 18.1. The number of nitrogens with one attached hydrogen (secondary N) is 1. The molecule has 138 valence electrons. The monoisotopic (exact) mass is 344 g/mol. The van der Waals surface area contributed by atoms with Gasteiger partial charge < -0.3 is 15.1 Å². The number of carbonyl (C=O) groups excluding carboxylic acids is 1. The fraction of sp³-hybridized carbons (Fsp3) is 0.650. The molecule has 0 aliphatic carbocycles. The zero-order chi connectivity index (χ0) is 17.8. The maximum absolute atomic E-state index is 12.5. The number of likely N-dealkylation sites (tertiary alicyclic amines) is 1. The summed E-state index contributed by atoms with van der Waals surface area (Å²) < 4.78 is 0. The third-order valence-electron chi connectivity index (χ3n) is 5.51. The number of anilines is 1. The Hall–Kier alpha value is -1.75. The number of benzene rings is 1. The molecule has 5 heteroatoms. The zero-order valence-corrected chi connectivity index (χ0v) is 15.9. The normalized spacial score (nSPS) is 21.8. The second-order valence-electron chi connectivity index (χ2n) is 7.63. The number of carbonyl (C=O) groups is 1. The molecule has 0 radical (unpaired) electrons. The van der Waals surface area contributed by atoms with Gasteiger partial charge in [0, 0.05) is 50.5 Å². The van der Waals surface area contributed by atoms with Crippen molar-refractivity contribution in [1.29, 1.82) is 0 Å². The first-order valence-corrected chi connectivity index (χ1v) is 9.64. The van der Waals surface area contributed by atoms with E-state index < -0.39 is 0 Å². The summed E-state index contributed by atoms with van der Waals surface area (Å²) in [6, 6.07) is 9.75. The number of piperazine rings is 1. The average molecular weight is 345 g/mol. The Labute approximate surface area is 152 Å². The van der Waals surface area contributed by atoms with E-state index >= 15 is 0 Å². The minimum atomic E-state index is 0.0968. The lowest BCUT2D eigenvalue weighted by Gasteiger charge is -2.36. The Morgan fingerprint density at radius 2 is 1.96 bits per heavy atom. The second-order valence-corrected chi connectivity index (χ2v) is 7.63. The first-order chi connectivity index (χ1) is 12.0. The van der Waals surface area contributed by atoms with Crippen molar-refractivity contribution in [3.8, 4) is 0 Å². The predicted molar refractivity (Wildman–Crippen MR) is 103 cm³/mol. The molecule has 2 saturated heterocycles. The van der Waals surface area contributed by atoms with Gasteiger partial charge in [-0.3, -0.25) is 4.90 Å². The molecule has 3 rings (SSSR count). The molecular formula is C20H32N4O. The molecule has 1 atom stereocenters. The van der Waals surface area contributed by atoms with Crippen molar-refractivity contribution in [2.45, 2.75) is 45.7 Å². The van der Waals surface area contributed by atoms with Gasteiger partial charge in [0.15, 0.2) is 0 Å². The van der Waals surface area contributed by atoms with Crippen LogP contribution < -0.4 is 10.2 Å². The summed E-state index contributed by atoms with van der Waals surface area (Å²) in [5, 5.41) is 3.17. The molecule has 2 aliphatic rings. The molecule has 0 spiro atoms. The van der Waals surface area contributed by atoms with E-state index in [0.717, 1.165) is 39.3 Å². The standard InChI is InChI=1S/C20H32N4O/c1-16(2)24-9-5-8-19(24)15-21-20(25)23-12-10-22(11-13-23)18-7-4-6-17(3)14-18/h4,6-7,14,16,19H,5,8-13,15H2,1-3H3,(H,21,25). The quantitative estimate of drug-likeness (QED) is 0.913. The summed E-state index contributed by atoms with van der Waals surface area (Å²) >= 11 is 0. The lowest BCUT2D eigenvalue weighted by molar-refractivity contribution is 0.177. The topological polar surface area (TPSA) is 38.8 Å². The van der Waals surface area contributed by atoms with Crippen LogP contribution in [0.15, 0.2) is 24.3 Å². The van der Waals surface area contributed by atoms with E-state index in [4.69, 9.17) is 0 Å². The lowest BCUT2D eigenvalue weighted by Crippen LogP contribution is -2.53. The number of hydrogen-bond donors (Lipinski definition) is 1. The molecule has 0 saturated carbocycles. The van der Waals surface area contributed by atoms with Gasteiger partial charge in [0.25, 0.3) is 0 Å². The largest absolute Gasteiger partial charge is 0.368 e. The van der Waals surface area contributed by atoms with E-state index in [2.05, 4.69) is 60.2 Å². The summed E-state index contributed by atoms with van der Waals surface area (Å²) in [7, 11) is 0. The number of rotatable bonds is 4. The Balaban J connectivity index is 1.45. The minimum Gasteiger partial charge on any atom is -0.368 e. The summed E-state index contributed by atoms with van der Waals surface area (Å²) in [6.45, 7) is 11.9. The molecule has 1 aromatic carbocycles. The van der Waals surface area contributed by atoms with Crippen LogP contribution in [0.2, 0.25) is 0 Å². The summed E-state index contributed by atoms with van der Waals surface area (Å²) in [6.07, 6.45) is 2.44. The van der Waals surface area contributed by atoms with Crippen molar-refractivity contribution in [1.82, 2.24) is 15.1 Å². The summed E-state index contributed by atoms with van der Waals surface area (Å²) in [5.41, 5.74) is 2.54. The first-order valence-electron chi connectivity index (χ1n) is 9.64. The maximum Gasteiger partial charge on any atom is 0.317 e. The highest BCUT2D eigenvalue weighted by Crippen LogP contribution is 2.20. The Bertz CT molecular complexity index is 581. The molecular weight excluding hydrogens is 312 g/mol. The Morgan fingerprint density at radius 1 is 1.20 bits per heavy atom. The van der Waals surface area contributed by atoms with Crippen LogP contribution in [0.3, 0.4) is 0 Å². The van der Waals surface area contributed by atoms with Crippen LogP contribution >= 0.6 is 0 Å². The fourth-order valence-electron chi connectivity index (χ4n) is 4.07. The Morgan fingerprint density at radius 3 is 2.64 bits per heavy atom. The summed E-state index contributed by atoms with van der Waals surface area (Å²) in [4.78, 5) is 19.3. The van der Waals surface area contributed by atoms with E-state index in [0.29, 0.717) is 12.1 Å². The van der Waals surface area contributed by atoms with Crippen molar-refractivity contribution >= 4 is 11.7 Å². The molecule has 0 aromatic heterocycles. The molecule has 1 unspecified atom stereocenters. The minimum absolute atomic E-state index is 0.0968. The number of hydrogen-bond acceptors (Lipinski definition) is 3. The zero-order valence-electron chi connectivity index (χ0n) is 15.9. The van der Waals surface area contributed by atoms with Crippen LogP contribution in [0.5, 0.6) is 0 Å². The van der Waals surface area contributed by atoms with E-state index in [9.17, 15) is 4.79 Å². The molecule has 2 fully saturated rings. The van der Waals surface area contributed by atoms with E-state index in [1.165, 1.54) is 24.1 Å². The molecule has 2 amide bonds. The molecule has 25 heavy (non-hydrogen) atoms. The molecule has 1 N–H and O–H groups in total. The van der Waals surface area contributed by atoms with E-state index in [1.54, 1.807) is 0 Å². The van der Waals surface area contributed by atoms with Crippen LogP contribution in [0.4, 0.5) is 10.5 Å². The third-order valence-corrected chi connectivity index (χ3v) is 5.51. The highest BCUT2D eigenvalue weighted by Gasteiger charge is 2.28. The van der Waals surface area contributed by atoms with Gasteiger partial charge >= 0.3 is 6.03 Å². The van der Waals surface area contributed by atoms with Gasteiger partial charge in [-0.05, 0) is 57.9 Å². The molecule has 0 bridgehead atoms. The van der Waals surface area contributed by atoms with Crippen LogP contribution in [0.25, 0.3) is 0 Å². The average Bonchev–Trinajstić information content (AvgIpc) is 3.09. The molecule has 2 aliphatic heterocycles. The van der Waals surface area contributed by atoms with Crippen LogP contribution in [0.1, 0.15) is 32.3 Å². The van der Waals surface area contributed by atoms with Crippen LogP contribution in [-0.2, 0) is 0 Å². The van der Waals surface area contributed by atoms with Gasteiger partial charge in [-0.2, -0.15) is 0 Å². The van der Waals surface area contributed by atoms with Crippen LogP contribution in [-0.4, -0.2) is 67.2 Å². The SMILES string of the molecule is Cc1cccc(N2CCN(C(=O)NCC3CCCN3C(C)C)CC2)c1. The molecule has 1 aromatic rings. The smallest absolute Gasteiger partial charge is 0.317 e. The highest BCUT2D eigenvalue weighted by molar-refractivity contribution is 5.74. The van der Waals surface area contributed by atoms with E-state index in [-0.39, 0.29) is 6.03 Å². The number of aryl methyl sites for hydroxylation is 1. The molecule has 2 heterocycles. The van der Waals surface area contributed by atoms with Gasteiger partial charge in [0.05, 0.1) is 0 Å². The van der Waals surface area contributed by atoms with Crippen molar-refractivity contribution in [2.75, 3.05) is 44.2 Å². The number of amides is 2. The third kappa shape index (κ3) is 4.46. The van der Waals surface area contributed by atoms with Gasteiger partial charge in [0.2, 0.25) is 0 Å². The summed E-state index contributed by atoms with van der Waals surface area (Å²) in [5.74, 6) is 0. The Kier molecular flexibility index (Phi) is 5.84. The second kappa shape index (κ2) is 8.09. The van der Waals surface area contributed by atoms with Crippen molar-refractivity contribution in [3.63, 3.8) is 0 Å². The van der Waals surface area contributed by atoms with Crippen molar-refractivity contribution < 1.29 is 4.79 Å². The fourth-order valence-corrected chi connectivity index (χ4v) is 4.07. The number of nitrogens with zero attached hydrogens (tertiary/aromatic N) is 3. The number of urea groups is 1. The van der Waals surface area contributed by atoms with Gasteiger partial charge in [-0.1, -0.05) is 12.1 Å². The van der Waals surface area contributed by atoms with Gasteiger partial charge in [-0.15, -0.1) is 0 Å². The van der Waals surface area contributed by atoms with Crippen molar-refractivity contribution in [2.24, 2.45) is 0 Å². The predicted octanol–water partition coefficient (Wildman–Crippen LogP) is 2.70. The van der Waals surface area contributed by atoms with Gasteiger partial charge in [-0.25, -0.2) is 4.79 Å². The van der Waals surface area contributed by atoms with Gasteiger partial charge in [0.1, 0.15) is 0 Å². The highest BCUT2D eigenvalue weighted by atomic mass is 16.2. The van der Waals surface area contributed by atoms with Crippen LogP contribution in [0, 0.1) is 6.92 Å². The van der Waals surface area contributed by atoms with E-state index in [1.807, 2.05) is 4.90 Å². The van der Waals surface area contributed by atoms with Crippen molar-refractivity contribution in [3.05, 3.63) is 29.8 Å². The molecule has 5 nitrogen and oxygen atoms in total. The maximum atomic E-state index is 12.5.